The van der Waals surface area contributed by atoms with Crippen LogP contribution in [0.15, 0.2) is 48.5 Å². The second kappa shape index (κ2) is 7.43. The summed E-state index contributed by atoms with van der Waals surface area (Å²) in [6.07, 6.45) is 0.342. The van der Waals surface area contributed by atoms with Crippen LogP contribution in [0.5, 0.6) is 0 Å². The van der Waals surface area contributed by atoms with Crippen LogP contribution < -0.4 is 10.2 Å². The quantitative estimate of drug-likeness (QED) is 0.787. The minimum atomic E-state index is -2.09. The lowest BCUT2D eigenvalue weighted by molar-refractivity contribution is -0.149. The molecular formula is C19H18ClFN2O3. The SMILES string of the molecule is O=C(NCCc1cc(F)cc(Cl)c1)C1(O)CCN(c2ccccc2)C1=O. The Hall–Kier alpha value is -2.44. The van der Waals surface area contributed by atoms with Crippen LogP contribution in [0.25, 0.3) is 0 Å². The number of para-hydroxylation sites is 1. The van der Waals surface area contributed by atoms with Crippen LogP contribution in [0.2, 0.25) is 5.02 Å². The summed E-state index contributed by atoms with van der Waals surface area (Å²) in [5.74, 6) is -1.85. The maximum atomic E-state index is 13.3. The zero-order chi connectivity index (χ0) is 18.7. The molecule has 136 valence electrons. The molecule has 26 heavy (non-hydrogen) atoms. The maximum Gasteiger partial charge on any atom is 0.268 e. The minimum absolute atomic E-state index is 0.0123. The monoisotopic (exact) mass is 376 g/mol. The van der Waals surface area contributed by atoms with Gasteiger partial charge in [0.15, 0.2) is 0 Å². The first kappa shape index (κ1) is 18.4. The number of nitrogens with one attached hydrogen (secondary N) is 1. The Labute approximate surface area is 155 Å². The molecular weight excluding hydrogens is 359 g/mol. The first-order valence-electron chi connectivity index (χ1n) is 8.23. The lowest BCUT2D eigenvalue weighted by Crippen LogP contribution is -2.52. The number of aliphatic hydroxyl groups is 1. The number of anilines is 1. The summed E-state index contributed by atoms with van der Waals surface area (Å²) in [6.45, 7) is 0.409. The molecule has 1 aliphatic rings. The molecule has 2 N–H and O–H groups in total. The van der Waals surface area contributed by atoms with Gasteiger partial charge in [-0.25, -0.2) is 4.39 Å². The summed E-state index contributed by atoms with van der Waals surface area (Å²) in [5, 5.41) is 13.4. The van der Waals surface area contributed by atoms with E-state index < -0.39 is 23.2 Å². The molecule has 2 aromatic carbocycles. The second-order valence-corrected chi connectivity index (χ2v) is 6.62. The van der Waals surface area contributed by atoms with Crippen LogP contribution in [-0.2, 0) is 16.0 Å². The Kier molecular flexibility index (Phi) is 5.25. The molecule has 1 unspecified atom stereocenters. The number of benzene rings is 2. The molecule has 0 aliphatic carbocycles. The van der Waals surface area contributed by atoms with E-state index in [1.807, 2.05) is 6.07 Å². The van der Waals surface area contributed by atoms with Crippen molar-refractivity contribution in [2.24, 2.45) is 0 Å². The topological polar surface area (TPSA) is 69.6 Å². The third kappa shape index (κ3) is 3.71. The van der Waals surface area contributed by atoms with Gasteiger partial charge in [-0.3, -0.25) is 9.59 Å². The van der Waals surface area contributed by atoms with Gasteiger partial charge in [-0.2, -0.15) is 0 Å². The Morgan fingerprint density at radius 2 is 2.00 bits per heavy atom. The van der Waals surface area contributed by atoms with Crippen molar-refractivity contribution in [2.75, 3.05) is 18.0 Å². The summed E-state index contributed by atoms with van der Waals surface area (Å²) >= 11 is 5.79. The standard InChI is InChI=1S/C19H18ClFN2O3/c20-14-10-13(11-15(21)12-14)6-8-22-17(24)19(26)7-9-23(18(19)25)16-4-2-1-3-5-16/h1-5,10-12,26H,6-9H2,(H,22,24). The predicted molar refractivity (Wildman–Crippen MR) is 96.5 cm³/mol. The highest BCUT2D eigenvalue weighted by Crippen LogP contribution is 2.28. The van der Waals surface area contributed by atoms with Crippen LogP contribution in [0.3, 0.4) is 0 Å². The molecule has 7 heteroatoms. The number of rotatable bonds is 5. The highest BCUT2D eigenvalue weighted by molar-refractivity contribution is 6.30. The molecule has 1 heterocycles. The van der Waals surface area contributed by atoms with Gasteiger partial charge in [0.2, 0.25) is 5.60 Å². The number of carbonyl (C=O) groups is 2. The van der Waals surface area contributed by atoms with Gasteiger partial charge in [0, 0.05) is 30.2 Å². The van der Waals surface area contributed by atoms with Gasteiger partial charge in [0.25, 0.3) is 11.8 Å². The van der Waals surface area contributed by atoms with Gasteiger partial charge in [0.1, 0.15) is 5.82 Å². The average Bonchev–Trinajstić information content (AvgIpc) is 2.91. The number of hydrogen-bond donors (Lipinski definition) is 2. The van der Waals surface area contributed by atoms with Gasteiger partial charge in [-0.05, 0) is 42.3 Å². The third-order valence-electron chi connectivity index (χ3n) is 4.36. The van der Waals surface area contributed by atoms with E-state index in [1.165, 1.54) is 17.0 Å². The van der Waals surface area contributed by atoms with Gasteiger partial charge in [-0.15, -0.1) is 0 Å². The Bertz CT molecular complexity index is 811. The Balaban J connectivity index is 1.61. The summed E-state index contributed by atoms with van der Waals surface area (Å²) < 4.78 is 13.3. The number of halogens is 2. The Morgan fingerprint density at radius 3 is 2.69 bits per heavy atom. The molecule has 0 spiro atoms. The highest BCUT2D eigenvalue weighted by atomic mass is 35.5. The van der Waals surface area contributed by atoms with E-state index in [2.05, 4.69) is 5.32 Å². The molecule has 5 nitrogen and oxygen atoms in total. The molecule has 1 atom stereocenters. The first-order chi connectivity index (χ1) is 12.4. The predicted octanol–water partition coefficient (Wildman–Crippen LogP) is 2.31. The van der Waals surface area contributed by atoms with Crippen LogP contribution >= 0.6 is 11.6 Å². The molecule has 3 rings (SSSR count). The minimum Gasteiger partial charge on any atom is -0.372 e. The van der Waals surface area contributed by atoms with E-state index in [-0.39, 0.29) is 24.5 Å². The summed E-state index contributed by atoms with van der Waals surface area (Å²) in [5.41, 5.74) is -0.836. The molecule has 0 bridgehead atoms. The van der Waals surface area contributed by atoms with Crippen molar-refractivity contribution in [2.45, 2.75) is 18.4 Å². The molecule has 2 amide bonds. The van der Waals surface area contributed by atoms with Crippen LogP contribution in [-0.4, -0.2) is 35.6 Å². The molecule has 0 aromatic heterocycles. The van der Waals surface area contributed by atoms with Gasteiger partial charge in [-0.1, -0.05) is 29.8 Å². The fourth-order valence-corrected chi connectivity index (χ4v) is 3.24. The van der Waals surface area contributed by atoms with Gasteiger partial charge >= 0.3 is 0 Å². The van der Waals surface area contributed by atoms with E-state index in [4.69, 9.17) is 11.6 Å². The summed E-state index contributed by atoms with van der Waals surface area (Å²) in [6, 6.07) is 13.0. The highest BCUT2D eigenvalue weighted by Gasteiger charge is 2.51. The number of amides is 2. The molecule has 1 aliphatic heterocycles. The van der Waals surface area contributed by atoms with Crippen LogP contribution in [0, 0.1) is 5.82 Å². The fourth-order valence-electron chi connectivity index (χ4n) is 2.99. The second-order valence-electron chi connectivity index (χ2n) is 6.19. The summed E-state index contributed by atoms with van der Waals surface area (Å²) in [7, 11) is 0. The van der Waals surface area contributed by atoms with Crippen molar-refractivity contribution in [1.29, 1.82) is 0 Å². The zero-order valence-electron chi connectivity index (χ0n) is 13.9. The summed E-state index contributed by atoms with van der Waals surface area (Å²) in [4.78, 5) is 26.3. The molecule has 2 aromatic rings. The largest absolute Gasteiger partial charge is 0.372 e. The van der Waals surface area contributed by atoms with E-state index >= 15 is 0 Å². The van der Waals surface area contributed by atoms with Crippen LogP contribution in [0.4, 0.5) is 10.1 Å². The number of nitrogens with zero attached hydrogens (tertiary/aromatic N) is 1. The fraction of sp³-hybridized carbons (Fsp3) is 0.263. The van der Waals surface area contributed by atoms with Gasteiger partial charge < -0.3 is 15.3 Å². The van der Waals surface area contributed by atoms with Crippen LogP contribution in [0.1, 0.15) is 12.0 Å². The van der Waals surface area contributed by atoms with Crippen molar-refractivity contribution in [3.8, 4) is 0 Å². The lowest BCUT2D eigenvalue weighted by atomic mass is 10.0. The van der Waals surface area contributed by atoms with Crippen molar-refractivity contribution < 1.29 is 19.1 Å². The van der Waals surface area contributed by atoms with Crippen molar-refractivity contribution in [3.63, 3.8) is 0 Å². The first-order valence-corrected chi connectivity index (χ1v) is 8.60. The molecule has 0 saturated carbocycles. The average molecular weight is 377 g/mol. The molecule has 0 radical (unpaired) electrons. The Morgan fingerprint density at radius 1 is 1.27 bits per heavy atom. The lowest BCUT2D eigenvalue weighted by Gasteiger charge is -2.21. The third-order valence-corrected chi connectivity index (χ3v) is 4.58. The van der Waals surface area contributed by atoms with Gasteiger partial charge in [0.05, 0.1) is 0 Å². The van der Waals surface area contributed by atoms with E-state index in [0.717, 1.165) is 0 Å². The number of hydrogen-bond acceptors (Lipinski definition) is 3. The van der Waals surface area contributed by atoms with E-state index in [9.17, 15) is 19.1 Å². The maximum absolute atomic E-state index is 13.3. The van der Waals surface area contributed by atoms with Crippen molar-refractivity contribution in [1.82, 2.24) is 5.32 Å². The van der Waals surface area contributed by atoms with E-state index in [0.29, 0.717) is 17.7 Å². The van der Waals surface area contributed by atoms with Crippen molar-refractivity contribution in [3.05, 3.63) is 64.9 Å². The van der Waals surface area contributed by atoms with Crippen molar-refractivity contribution >= 4 is 29.1 Å². The molecule has 1 saturated heterocycles. The zero-order valence-corrected chi connectivity index (χ0v) is 14.7. The van der Waals surface area contributed by atoms with E-state index in [1.54, 1.807) is 30.3 Å². The normalized spacial score (nSPS) is 19.7. The molecule has 1 fully saturated rings. The number of carbonyl (C=O) groups excluding carboxylic acids is 2. The smallest absolute Gasteiger partial charge is 0.268 e.